The van der Waals surface area contributed by atoms with Crippen LogP contribution in [0.5, 0.6) is 0 Å². The van der Waals surface area contributed by atoms with Crippen molar-refractivity contribution in [3.63, 3.8) is 0 Å². The van der Waals surface area contributed by atoms with Gasteiger partial charge in [0, 0.05) is 5.56 Å². The van der Waals surface area contributed by atoms with Crippen molar-refractivity contribution in [3.8, 4) is 22.5 Å². The number of esters is 1. The van der Waals surface area contributed by atoms with Gasteiger partial charge in [0.15, 0.2) is 5.76 Å². The zero-order valence-corrected chi connectivity index (χ0v) is 20.9. The van der Waals surface area contributed by atoms with Gasteiger partial charge in [-0.2, -0.15) is 0 Å². The summed E-state index contributed by atoms with van der Waals surface area (Å²) < 4.78 is 30.6. The average Bonchev–Trinajstić information content (AvgIpc) is 3.27. The first-order chi connectivity index (χ1) is 17.9. The molecule has 4 rings (SSSR count). The van der Waals surface area contributed by atoms with E-state index in [1.54, 1.807) is 32.9 Å². The van der Waals surface area contributed by atoms with Crippen molar-refractivity contribution in [1.29, 1.82) is 0 Å². The number of anilines is 2. The van der Waals surface area contributed by atoms with Crippen molar-refractivity contribution in [1.82, 2.24) is 5.16 Å². The maximum absolute atomic E-state index is 14.7. The van der Waals surface area contributed by atoms with Crippen LogP contribution >= 0.6 is 0 Å². The molecule has 0 radical (unpaired) electrons. The van der Waals surface area contributed by atoms with Crippen molar-refractivity contribution < 1.29 is 28.0 Å². The fraction of sp³-hybridized carbons (Fsp3) is 0.207. The first-order valence-corrected chi connectivity index (χ1v) is 12.0. The lowest BCUT2D eigenvalue weighted by atomic mass is 10.0. The van der Waals surface area contributed by atoms with Crippen LogP contribution in [0, 0.1) is 12.7 Å². The van der Waals surface area contributed by atoms with Crippen LogP contribution in [0.25, 0.3) is 22.5 Å². The van der Waals surface area contributed by atoms with Gasteiger partial charge in [-0.1, -0.05) is 65.8 Å². The number of ether oxygens (including phenoxy) is 2. The summed E-state index contributed by atoms with van der Waals surface area (Å²) in [4.78, 5) is 25.8. The predicted molar refractivity (Wildman–Crippen MR) is 138 cm³/mol. The van der Waals surface area contributed by atoms with E-state index in [2.05, 4.69) is 5.16 Å². The predicted octanol–water partition coefficient (Wildman–Crippen LogP) is 6.86. The molecule has 0 spiro atoms. The normalized spacial score (nSPS) is 10.7. The van der Waals surface area contributed by atoms with Gasteiger partial charge in [0.05, 0.1) is 25.3 Å². The van der Waals surface area contributed by atoms with Crippen molar-refractivity contribution in [2.75, 3.05) is 18.1 Å². The lowest BCUT2D eigenvalue weighted by Crippen LogP contribution is -2.28. The van der Waals surface area contributed by atoms with Gasteiger partial charge >= 0.3 is 12.1 Å². The molecule has 0 fully saturated rings. The van der Waals surface area contributed by atoms with E-state index in [-0.39, 0.29) is 24.7 Å². The summed E-state index contributed by atoms with van der Waals surface area (Å²) in [6, 6.07) is 21.1. The van der Waals surface area contributed by atoms with Gasteiger partial charge in [-0.05, 0) is 49.6 Å². The van der Waals surface area contributed by atoms with Gasteiger partial charge in [-0.25, -0.2) is 14.1 Å². The summed E-state index contributed by atoms with van der Waals surface area (Å²) >= 11 is 0. The fourth-order valence-corrected chi connectivity index (χ4v) is 3.96. The number of para-hydroxylation sites is 1. The van der Waals surface area contributed by atoms with E-state index in [0.717, 1.165) is 21.6 Å². The molecule has 1 heterocycles. The molecule has 0 aliphatic rings. The average molecular weight is 503 g/mol. The third-order valence-electron chi connectivity index (χ3n) is 5.69. The minimum Gasteiger partial charge on any atom is -0.466 e. The fourth-order valence-electron chi connectivity index (χ4n) is 3.96. The number of benzene rings is 3. The van der Waals surface area contributed by atoms with E-state index in [9.17, 15) is 14.0 Å². The summed E-state index contributed by atoms with van der Waals surface area (Å²) in [5.41, 5.74) is 4.19. The number of aryl methyl sites for hydroxylation is 1. The lowest BCUT2D eigenvalue weighted by Gasteiger charge is -2.22. The molecular formula is C29H27FN2O5. The molecule has 0 saturated heterocycles. The van der Waals surface area contributed by atoms with Gasteiger partial charge in [0.1, 0.15) is 17.2 Å². The zero-order valence-electron chi connectivity index (χ0n) is 20.9. The Morgan fingerprint density at radius 2 is 1.46 bits per heavy atom. The Morgan fingerprint density at radius 3 is 2.08 bits per heavy atom. The molecule has 37 heavy (non-hydrogen) atoms. The molecule has 0 saturated carbocycles. The molecule has 7 nitrogen and oxygen atoms in total. The summed E-state index contributed by atoms with van der Waals surface area (Å²) in [6.45, 7) is 5.62. The summed E-state index contributed by atoms with van der Waals surface area (Å²) in [6.07, 6.45) is -0.515. The minimum absolute atomic E-state index is 0.0352. The summed E-state index contributed by atoms with van der Waals surface area (Å²) in [5, 5.41) is 4.05. The van der Waals surface area contributed by atoms with Crippen LogP contribution in [0.15, 0.2) is 77.3 Å². The van der Waals surface area contributed by atoms with Crippen LogP contribution in [-0.2, 0) is 20.7 Å². The molecule has 1 amide bonds. The highest BCUT2D eigenvalue weighted by atomic mass is 19.1. The minimum atomic E-state index is -0.736. The number of hydrogen-bond donors (Lipinski definition) is 0. The number of rotatable bonds is 8. The second-order valence-corrected chi connectivity index (χ2v) is 8.19. The van der Waals surface area contributed by atoms with Crippen LogP contribution in [0.1, 0.15) is 25.1 Å². The molecule has 8 heteroatoms. The monoisotopic (exact) mass is 502 g/mol. The van der Waals surface area contributed by atoms with E-state index in [1.807, 2.05) is 48.5 Å². The van der Waals surface area contributed by atoms with E-state index >= 15 is 0 Å². The molecule has 0 N–H and O–H groups in total. The third-order valence-corrected chi connectivity index (χ3v) is 5.69. The summed E-state index contributed by atoms with van der Waals surface area (Å²) in [5.74, 6) is -0.529. The highest BCUT2D eigenvalue weighted by Crippen LogP contribution is 2.40. The van der Waals surface area contributed by atoms with Gasteiger partial charge in [-0.15, -0.1) is 0 Å². The Labute approximate surface area is 214 Å². The van der Waals surface area contributed by atoms with Crippen LogP contribution in [0.2, 0.25) is 0 Å². The second-order valence-electron chi connectivity index (χ2n) is 8.19. The van der Waals surface area contributed by atoms with Crippen LogP contribution < -0.4 is 4.90 Å². The summed E-state index contributed by atoms with van der Waals surface area (Å²) in [7, 11) is 0. The van der Waals surface area contributed by atoms with Crippen LogP contribution in [0.4, 0.5) is 20.6 Å². The first kappa shape index (κ1) is 25.6. The maximum atomic E-state index is 14.7. The zero-order chi connectivity index (χ0) is 26.4. The Morgan fingerprint density at radius 1 is 0.865 bits per heavy atom. The molecule has 0 aliphatic heterocycles. The Hall–Kier alpha value is -4.46. The number of carbonyl (C=O) groups is 2. The Balaban J connectivity index is 1.65. The molecule has 190 valence electrons. The third kappa shape index (κ3) is 5.69. The number of carbonyl (C=O) groups excluding carboxylic acids is 2. The molecule has 3 aromatic carbocycles. The number of halogens is 1. The molecule has 0 atom stereocenters. The number of hydrogen-bond acceptors (Lipinski definition) is 6. The van der Waals surface area contributed by atoms with E-state index in [4.69, 9.17) is 14.0 Å². The smallest absolute Gasteiger partial charge is 0.419 e. The van der Waals surface area contributed by atoms with E-state index in [0.29, 0.717) is 29.3 Å². The maximum Gasteiger partial charge on any atom is 0.419 e. The molecule has 0 unspecified atom stereocenters. The van der Waals surface area contributed by atoms with Gasteiger partial charge in [0.2, 0.25) is 0 Å². The van der Waals surface area contributed by atoms with Crippen molar-refractivity contribution in [2.24, 2.45) is 0 Å². The Kier molecular flexibility index (Phi) is 7.98. The lowest BCUT2D eigenvalue weighted by molar-refractivity contribution is -0.142. The highest BCUT2D eigenvalue weighted by molar-refractivity contribution is 6.00. The number of aromatic nitrogens is 1. The molecule has 0 bridgehead atoms. The highest BCUT2D eigenvalue weighted by Gasteiger charge is 2.30. The number of nitrogens with zero attached hydrogens (tertiary/aromatic N) is 2. The topological polar surface area (TPSA) is 81.9 Å². The quantitative estimate of drug-likeness (QED) is 0.245. The molecule has 0 aliphatic carbocycles. The first-order valence-electron chi connectivity index (χ1n) is 12.0. The molecule has 1 aromatic heterocycles. The van der Waals surface area contributed by atoms with Crippen LogP contribution in [0.3, 0.4) is 0 Å². The van der Waals surface area contributed by atoms with E-state index < -0.39 is 11.9 Å². The van der Waals surface area contributed by atoms with Gasteiger partial charge in [-0.3, -0.25) is 4.79 Å². The molecular weight excluding hydrogens is 475 g/mol. The molecule has 4 aromatic rings. The van der Waals surface area contributed by atoms with Crippen molar-refractivity contribution in [3.05, 3.63) is 89.9 Å². The largest absolute Gasteiger partial charge is 0.466 e. The van der Waals surface area contributed by atoms with E-state index in [1.165, 1.54) is 12.1 Å². The SMILES string of the molecule is CCOC(=O)Cc1ccc(-c2ccc(-c3onc(C)c3N(C(=O)OCC)c3ccccc3F)cc2)cc1. The second kappa shape index (κ2) is 11.5. The van der Waals surface area contributed by atoms with Gasteiger partial charge < -0.3 is 14.0 Å². The number of amides is 1. The van der Waals surface area contributed by atoms with Gasteiger partial charge in [0.25, 0.3) is 0 Å². The Bertz CT molecular complexity index is 1380. The van der Waals surface area contributed by atoms with Crippen molar-refractivity contribution in [2.45, 2.75) is 27.2 Å². The van der Waals surface area contributed by atoms with Crippen molar-refractivity contribution >= 4 is 23.4 Å². The standard InChI is InChI=1S/C29H27FN2O5/c1-4-35-26(33)18-20-10-12-21(13-11-20)22-14-16-23(17-15-22)28-27(19(3)31-37-28)32(29(34)36-5-2)25-9-7-6-8-24(25)30/h6-17H,4-5,18H2,1-3H3. The van der Waals surface area contributed by atoms with Crippen LogP contribution in [-0.4, -0.2) is 30.4 Å².